The van der Waals surface area contributed by atoms with Crippen LogP contribution in [0.5, 0.6) is 0 Å². The summed E-state index contributed by atoms with van der Waals surface area (Å²) in [5, 5.41) is 7.12. The van der Waals surface area contributed by atoms with Crippen LogP contribution in [0.3, 0.4) is 0 Å². The Hall–Kier alpha value is -2.45. The standard InChI is InChI=1S/C21H31N5O3/c1-4-21(16-8-6-5-7-9-16)19(28)26(20(29)23-21)24-18(27)14-25-12-10-17(11-13-25)22-15(2)3/h5-9,15,17,22H,4,10-14H2,1-3H3,(H,23,29)(H,24,27). The van der Waals surface area contributed by atoms with Crippen LogP contribution in [0.4, 0.5) is 4.79 Å². The zero-order chi connectivity index (χ0) is 21.0. The highest BCUT2D eigenvalue weighted by Gasteiger charge is 2.52. The first kappa shape index (κ1) is 21.3. The molecule has 0 spiro atoms. The summed E-state index contributed by atoms with van der Waals surface area (Å²) in [7, 11) is 0. The predicted octanol–water partition coefficient (Wildman–Crippen LogP) is 1.34. The number of urea groups is 1. The lowest BCUT2D eigenvalue weighted by Gasteiger charge is -2.33. The molecule has 158 valence electrons. The Morgan fingerprint density at radius 2 is 1.86 bits per heavy atom. The number of hydrogen-bond acceptors (Lipinski definition) is 5. The fourth-order valence-electron chi connectivity index (χ4n) is 4.13. The Kier molecular flexibility index (Phi) is 6.54. The van der Waals surface area contributed by atoms with Gasteiger partial charge in [-0.2, -0.15) is 5.01 Å². The zero-order valence-electron chi connectivity index (χ0n) is 17.4. The van der Waals surface area contributed by atoms with Crippen molar-refractivity contribution in [3.05, 3.63) is 35.9 Å². The van der Waals surface area contributed by atoms with Crippen molar-refractivity contribution in [2.24, 2.45) is 0 Å². The van der Waals surface area contributed by atoms with Crippen LogP contribution < -0.4 is 16.1 Å². The zero-order valence-corrected chi connectivity index (χ0v) is 17.4. The minimum Gasteiger partial charge on any atom is -0.318 e. The van der Waals surface area contributed by atoms with Crippen LogP contribution in [0.25, 0.3) is 0 Å². The molecule has 29 heavy (non-hydrogen) atoms. The Morgan fingerprint density at radius 1 is 1.21 bits per heavy atom. The van der Waals surface area contributed by atoms with E-state index in [0.29, 0.717) is 24.1 Å². The molecule has 2 fully saturated rings. The van der Waals surface area contributed by atoms with E-state index in [1.54, 1.807) is 0 Å². The van der Waals surface area contributed by atoms with Gasteiger partial charge in [0.2, 0.25) is 0 Å². The van der Waals surface area contributed by atoms with Crippen LogP contribution in [0.15, 0.2) is 30.3 Å². The number of amides is 4. The molecular formula is C21H31N5O3. The van der Waals surface area contributed by atoms with Gasteiger partial charge in [-0.1, -0.05) is 51.1 Å². The minimum absolute atomic E-state index is 0.163. The molecule has 2 saturated heterocycles. The fourth-order valence-corrected chi connectivity index (χ4v) is 4.13. The van der Waals surface area contributed by atoms with Gasteiger partial charge in [-0.05, 0) is 24.8 Å². The van der Waals surface area contributed by atoms with Gasteiger partial charge in [0.05, 0.1) is 6.54 Å². The molecule has 2 aliphatic rings. The lowest BCUT2D eigenvalue weighted by molar-refractivity contribution is -0.140. The second-order valence-corrected chi connectivity index (χ2v) is 8.10. The number of rotatable bonds is 7. The van der Waals surface area contributed by atoms with E-state index < -0.39 is 17.5 Å². The number of nitrogens with one attached hydrogen (secondary N) is 3. The number of piperidine rings is 1. The molecule has 0 radical (unpaired) electrons. The van der Waals surface area contributed by atoms with Crippen molar-refractivity contribution >= 4 is 17.8 Å². The molecule has 2 heterocycles. The smallest absolute Gasteiger partial charge is 0.318 e. The molecule has 8 heteroatoms. The molecule has 4 amide bonds. The van der Waals surface area contributed by atoms with Gasteiger partial charge in [-0.25, -0.2) is 4.79 Å². The molecule has 3 N–H and O–H groups in total. The van der Waals surface area contributed by atoms with Crippen molar-refractivity contribution in [2.45, 2.75) is 57.7 Å². The summed E-state index contributed by atoms with van der Waals surface area (Å²) in [6.07, 6.45) is 2.34. The number of imide groups is 1. The van der Waals surface area contributed by atoms with Crippen molar-refractivity contribution in [3.63, 3.8) is 0 Å². The highest BCUT2D eigenvalue weighted by atomic mass is 16.2. The molecule has 1 aromatic rings. The SMILES string of the molecule is CCC1(c2ccccc2)NC(=O)N(NC(=O)CN2CCC(NC(C)C)CC2)C1=O. The molecule has 3 rings (SSSR count). The Labute approximate surface area is 172 Å². The fraction of sp³-hybridized carbons (Fsp3) is 0.571. The summed E-state index contributed by atoms with van der Waals surface area (Å²) >= 11 is 0. The maximum Gasteiger partial charge on any atom is 0.344 e. The summed E-state index contributed by atoms with van der Waals surface area (Å²) in [5.41, 5.74) is 2.06. The molecule has 0 bridgehead atoms. The summed E-state index contributed by atoms with van der Waals surface area (Å²) in [5.74, 6) is -0.812. The van der Waals surface area contributed by atoms with Gasteiger partial charge in [-0.15, -0.1) is 0 Å². The summed E-state index contributed by atoms with van der Waals surface area (Å²) in [6, 6.07) is 9.43. The normalized spacial score (nSPS) is 23.5. The van der Waals surface area contributed by atoms with Gasteiger partial charge in [-0.3, -0.25) is 19.9 Å². The monoisotopic (exact) mass is 401 g/mol. The second-order valence-electron chi connectivity index (χ2n) is 8.10. The number of hydrazine groups is 1. The van der Waals surface area contributed by atoms with E-state index >= 15 is 0 Å². The highest BCUT2D eigenvalue weighted by molar-refractivity contribution is 6.08. The Bertz CT molecular complexity index is 746. The number of benzene rings is 1. The van der Waals surface area contributed by atoms with Crippen molar-refractivity contribution in [3.8, 4) is 0 Å². The average Bonchev–Trinajstić information content (AvgIpc) is 2.95. The highest BCUT2D eigenvalue weighted by Crippen LogP contribution is 2.31. The molecule has 0 aromatic heterocycles. The molecule has 1 atom stereocenters. The minimum atomic E-state index is -1.15. The van der Waals surface area contributed by atoms with Gasteiger partial charge in [0.25, 0.3) is 11.8 Å². The van der Waals surface area contributed by atoms with Crippen LogP contribution in [0, 0.1) is 0 Å². The molecule has 2 aliphatic heterocycles. The van der Waals surface area contributed by atoms with Crippen LogP contribution in [0.2, 0.25) is 0 Å². The third-order valence-electron chi connectivity index (χ3n) is 5.65. The summed E-state index contributed by atoms with van der Waals surface area (Å²) < 4.78 is 0. The van der Waals surface area contributed by atoms with E-state index in [2.05, 4.69) is 34.8 Å². The van der Waals surface area contributed by atoms with Crippen molar-refractivity contribution in [1.82, 2.24) is 26.0 Å². The van der Waals surface area contributed by atoms with Crippen LogP contribution in [-0.2, 0) is 15.1 Å². The van der Waals surface area contributed by atoms with E-state index in [9.17, 15) is 14.4 Å². The van der Waals surface area contributed by atoms with E-state index in [0.717, 1.165) is 30.9 Å². The van der Waals surface area contributed by atoms with Gasteiger partial charge >= 0.3 is 6.03 Å². The Balaban J connectivity index is 1.58. The largest absolute Gasteiger partial charge is 0.344 e. The van der Waals surface area contributed by atoms with E-state index in [1.807, 2.05) is 37.3 Å². The maximum atomic E-state index is 13.0. The topological polar surface area (TPSA) is 93.8 Å². The van der Waals surface area contributed by atoms with E-state index in [1.165, 1.54) is 0 Å². The van der Waals surface area contributed by atoms with Crippen LogP contribution in [-0.4, -0.2) is 59.5 Å². The lowest BCUT2D eigenvalue weighted by atomic mass is 9.87. The van der Waals surface area contributed by atoms with Gasteiger partial charge in [0, 0.05) is 25.2 Å². The van der Waals surface area contributed by atoms with Crippen LogP contribution >= 0.6 is 0 Å². The number of nitrogens with zero attached hydrogens (tertiary/aromatic N) is 2. The quantitative estimate of drug-likeness (QED) is 0.600. The number of carbonyl (C=O) groups is 3. The maximum absolute atomic E-state index is 13.0. The summed E-state index contributed by atoms with van der Waals surface area (Å²) in [6.45, 7) is 7.87. The molecule has 0 saturated carbocycles. The third-order valence-corrected chi connectivity index (χ3v) is 5.65. The number of carbonyl (C=O) groups excluding carboxylic acids is 3. The molecule has 1 unspecified atom stereocenters. The second kappa shape index (κ2) is 8.92. The van der Waals surface area contributed by atoms with Gasteiger partial charge in [0.15, 0.2) is 0 Å². The first-order valence-electron chi connectivity index (χ1n) is 10.4. The molecule has 8 nitrogen and oxygen atoms in total. The van der Waals surface area contributed by atoms with Gasteiger partial charge < -0.3 is 10.6 Å². The first-order chi connectivity index (χ1) is 13.9. The van der Waals surface area contributed by atoms with Crippen molar-refractivity contribution < 1.29 is 14.4 Å². The molecule has 1 aromatic carbocycles. The number of likely N-dealkylation sites (tertiary alicyclic amines) is 1. The lowest BCUT2D eigenvalue weighted by Crippen LogP contribution is -2.52. The van der Waals surface area contributed by atoms with Crippen molar-refractivity contribution in [2.75, 3.05) is 19.6 Å². The third kappa shape index (κ3) is 4.59. The van der Waals surface area contributed by atoms with E-state index in [4.69, 9.17) is 0 Å². The summed E-state index contributed by atoms with van der Waals surface area (Å²) in [4.78, 5) is 40.1. The van der Waals surface area contributed by atoms with E-state index in [-0.39, 0.29) is 12.5 Å². The molecule has 0 aliphatic carbocycles. The Morgan fingerprint density at radius 3 is 2.45 bits per heavy atom. The molecular weight excluding hydrogens is 370 g/mol. The predicted molar refractivity (Wildman–Crippen MR) is 110 cm³/mol. The van der Waals surface area contributed by atoms with Gasteiger partial charge in [0.1, 0.15) is 5.54 Å². The average molecular weight is 402 g/mol. The first-order valence-corrected chi connectivity index (χ1v) is 10.4. The van der Waals surface area contributed by atoms with Crippen LogP contribution in [0.1, 0.15) is 45.6 Å². The number of hydrogen-bond donors (Lipinski definition) is 3. The van der Waals surface area contributed by atoms with Crippen molar-refractivity contribution in [1.29, 1.82) is 0 Å².